The van der Waals surface area contributed by atoms with Crippen LogP contribution < -0.4 is 5.32 Å². The first-order valence-corrected chi connectivity index (χ1v) is 11.9. The molecule has 4 bridgehead atoms. The lowest BCUT2D eigenvalue weighted by molar-refractivity contribution is -0.118. The molecule has 4 aliphatic rings. The van der Waals surface area contributed by atoms with Crippen LogP contribution in [0, 0.1) is 17.8 Å². The number of thioether (sulfide) groups is 1. The molecule has 5 nitrogen and oxygen atoms in total. The van der Waals surface area contributed by atoms with Gasteiger partial charge in [-0.2, -0.15) is 0 Å². The predicted molar refractivity (Wildman–Crippen MR) is 113 cm³/mol. The zero-order valence-corrected chi connectivity index (χ0v) is 17.6. The molecule has 0 atom stereocenters. The smallest absolute Gasteiger partial charge is 0.277 e. The maximum Gasteiger partial charge on any atom is 0.277 e. The van der Waals surface area contributed by atoms with Crippen molar-refractivity contribution in [2.75, 3.05) is 12.3 Å². The van der Waals surface area contributed by atoms with Crippen molar-refractivity contribution < 1.29 is 9.21 Å². The van der Waals surface area contributed by atoms with Crippen molar-refractivity contribution in [1.29, 1.82) is 0 Å². The van der Waals surface area contributed by atoms with Gasteiger partial charge in [-0.05, 0) is 74.7 Å². The summed E-state index contributed by atoms with van der Waals surface area (Å²) >= 11 is 1.36. The molecule has 0 saturated heterocycles. The third kappa shape index (κ3) is 4.23. The molecule has 6 heteroatoms. The molecule has 1 aromatic heterocycles. The summed E-state index contributed by atoms with van der Waals surface area (Å²) in [5, 5.41) is 12.2. The summed E-state index contributed by atoms with van der Waals surface area (Å²) < 4.78 is 6.06. The van der Waals surface area contributed by atoms with Gasteiger partial charge in [0.2, 0.25) is 11.8 Å². The van der Waals surface area contributed by atoms with Gasteiger partial charge in [0.15, 0.2) is 0 Å². The molecule has 0 unspecified atom stereocenters. The Kier molecular flexibility index (Phi) is 5.37. The Morgan fingerprint density at radius 1 is 1.07 bits per heavy atom. The normalized spacial score (nSPS) is 29.9. The highest BCUT2D eigenvalue weighted by Crippen LogP contribution is 2.60. The second kappa shape index (κ2) is 8.13. The van der Waals surface area contributed by atoms with Crippen molar-refractivity contribution in [1.82, 2.24) is 15.5 Å². The van der Waals surface area contributed by atoms with Crippen LogP contribution in [0.5, 0.6) is 0 Å². The van der Waals surface area contributed by atoms with E-state index in [9.17, 15) is 4.79 Å². The van der Waals surface area contributed by atoms with Gasteiger partial charge in [0, 0.05) is 12.0 Å². The number of benzene rings is 1. The van der Waals surface area contributed by atoms with Gasteiger partial charge in [-0.1, -0.05) is 42.1 Å². The quantitative estimate of drug-likeness (QED) is 0.516. The van der Waals surface area contributed by atoms with E-state index in [2.05, 4.69) is 27.6 Å². The van der Waals surface area contributed by atoms with Crippen LogP contribution in [0.3, 0.4) is 0 Å². The highest BCUT2D eigenvalue weighted by molar-refractivity contribution is 7.99. The third-order valence-corrected chi connectivity index (χ3v) is 7.85. The number of hydrogen-bond acceptors (Lipinski definition) is 5. The molecule has 1 amide bonds. The molecule has 0 aliphatic heterocycles. The van der Waals surface area contributed by atoms with Gasteiger partial charge in [0.05, 0.1) is 5.75 Å². The summed E-state index contributed by atoms with van der Waals surface area (Å²) in [5.74, 6) is 3.75. The Balaban J connectivity index is 1.08. The number of nitrogens with one attached hydrogen (secondary N) is 1. The standard InChI is InChI=1S/C23H29N3O2S/c27-20(24-8-4-7-16-5-2-1-3-6-16)15-29-22-26-25-21(28-22)23-12-17-9-18(13-23)11-19(10-17)14-23/h1-3,5-6,17-19H,4,7-15H2,(H,24,27). The Morgan fingerprint density at radius 2 is 1.76 bits per heavy atom. The fourth-order valence-corrected chi connectivity index (χ4v) is 6.79. The zero-order valence-electron chi connectivity index (χ0n) is 16.8. The van der Waals surface area contributed by atoms with E-state index >= 15 is 0 Å². The molecular formula is C23H29N3O2S. The van der Waals surface area contributed by atoms with Crippen LogP contribution in [0.15, 0.2) is 40.0 Å². The molecule has 154 valence electrons. The monoisotopic (exact) mass is 411 g/mol. The summed E-state index contributed by atoms with van der Waals surface area (Å²) in [4.78, 5) is 12.1. The highest BCUT2D eigenvalue weighted by Gasteiger charge is 2.54. The van der Waals surface area contributed by atoms with E-state index in [1.807, 2.05) is 18.2 Å². The molecule has 29 heavy (non-hydrogen) atoms. The average molecular weight is 412 g/mol. The lowest BCUT2D eigenvalue weighted by Gasteiger charge is -2.55. The number of aryl methyl sites for hydroxylation is 1. The maximum atomic E-state index is 12.1. The van der Waals surface area contributed by atoms with E-state index in [1.165, 1.54) is 55.9 Å². The van der Waals surface area contributed by atoms with E-state index in [-0.39, 0.29) is 11.3 Å². The van der Waals surface area contributed by atoms with Crippen LogP contribution in [-0.2, 0) is 16.6 Å². The molecule has 1 aromatic carbocycles. The third-order valence-electron chi connectivity index (χ3n) is 7.03. The number of aromatic nitrogens is 2. The number of carbonyl (C=O) groups excluding carboxylic acids is 1. The number of amides is 1. The van der Waals surface area contributed by atoms with Gasteiger partial charge in [0.1, 0.15) is 0 Å². The average Bonchev–Trinajstić information content (AvgIpc) is 3.20. The SMILES string of the molecule is O=C(CSc1nnc(C23CC4CC(CC(C4)C2)C3)o1)NCCCc1ccccc1. The van der Waals surface area contributed by atoms with E-state index < -0.39 is 0 Å². The number of rotatable bonds is 8. The summed E-state index contributed by atoms with van der Waals surface area (Å²) in [6.07, 6.45) is 9.77. The van der Waals surface area contributed by atoms with Crippen molar-refractivity contribution in [2.45, 2.75) is 62.0 Å². The van der Waals surface area contributed by atoms with E-state index in [1.54, 1.807) is 0 Å². The number of nitrogens with zero attached hydrogens (tertiary/aromatic N) is 2. The number of hydrogen-bond donors (Lipinski definition) is 1. The Bertz CT molecular complexity index is 816. The Morgan fingerprint density at radius 3 is 2.45 bits per heavy atom. The van der Waals surface area contributed by atoms with Crippen molar-refractivity contribution in [3.05, 3.63) is 41.8 Å². The summed E-state index contributed by atoms with van der Waals surface area (Å²) in [6.45, 7) is 0.691. The Labute approximate surface area is 176 Å². The van der Waals surface area contributed by atoms with Gasteiger partial charge in [-0.3, -0.25) is 4.79 Å². The summed E-state index contributed by atoms with van der Waals surface area (Å²) in [5.41, 5.74) is 1.43. The van der Waals surface area contributed by atoms with Crippen LogP contribution in [0.25, 0.3) is 0 Å². The van der Waals surface area contributed by atoms with Gasteiger partial charge in [-0.25, -0.2) is 0 Å². The second-order valence-corrected chi connectivity index (χ2v) is 10.2. The molecule has 1 heterocycles. The molecule has 2 aromatic rings. The second-order valence-electron chi connectivity index (χ2n) is 9.30. The van der Waals surface area contributed by atoms with Crippen LogP contribution in [0.4, 0.5) is 0 Å². The first kappa shape index (κ1) is 19.2. The summed E-state index contributed by atoms with van der Waals surface area (Å²) in [6, 6.07) is 10.4. The van der Waals surface area contributed by atoms with Crippen LogP contribution in [0.1, 0.15) is 56.4 Å². The predicted octanol–water partition coefficient (Wildman–Crippen LogP) is 4.38. The van der Waals surface area contributed by atoms with Gasteiger partial charge in [0.25, 0.3) is 5.22 Å². The lowest BCUT2D eigenvalue weighted by Crippen LogP contribution is -2.48. The fraction of sp³-hybridized carbons (Fsp3) is 0.609. The van der Waals surface area contributed by atoms with Crippen LogP contribution >= 0.6 is 11.8 Å². The highest BCUT2D eigenvalue weighted by atomic mass is 32.2. The Hall–Kier alpha value is -1.82. The van der Waals surface area contributed by atoms with E-state index in [0.717, 1.165) is 36.5 Å². The lowest BCUT2D eigenvalue weighted by atomic mass is 9.49. The minimum atomic E-state index is 0.0256. The number of carbonyl (C=O) groups is 1. The largest absolute Gasteiger partial charge is 0.415 e. The van der Waals surface area contributed by atoms with Crippen molar-refractivity contribution in [2.24, 2.45) is 17.8 Å². The van der Waals surface area contributed by atoms with Gasteiger partial charge in [-0.15, -0.1) is 10.2 Å². The topological polar surface area (TPSA) is 68.0 Å². The first-order chi connectivity index (χ1) is 14.2. The molecule has 4 saturated carbocycles. The molecule has 4 fully saturated rings. The van der Waals surface area contributed by atoms with Gasteiger partial charge >= 0.3 is 0 Å². The maximum absolute atomic E-state index is 12.1. The minimum absolute atomic E-state index is 0.0256. The van der Waals surface area contributed by atoms with E-state index in [0.29, 0.717) is 17.5 Å². The molecule has 1 N–H and O–H groups in total. The fourth-order valence-electron chi connectivity index (χ4n) is 6.20. The van der Waals surface area contributed by atoms with Crippen molar-refractivity contribution in [3.8, 4) is 0 Å². The summed E-state index contributed by atoms with van der Waals surface area (Å²) in [7, 11) is 0. The van der Waals surface area contributed by atoms with Crippen molar-refractivity contribution >= 4 is 17.7 Å². The molecule has 0 spiro atoms. The van der Waals surface area contributed by atoms with Crippen LogP contribution in [-0.4, -0.2) is 28.4 Å². The van der Waals surface area contributed by atoms with E-state index in [4.69, 9.17) is 4.42 Å². The first-order valence-electron chi connectivity index (χ1n) is 11.0. The molecular weight excluding hydrogens is 382 g/mol. The molecule has 4 aliphatic carbocycles. The zero-order chi connectivity index (χ0) is 19.7. The minimum Gasteiger partial charge on any atom is -0.415 e. The molecule has 0 radical (unpaired) electrons. The van der Waals surface area contributed by atoms with Crippen LogP contribution in [0.2, 0.25) is 0 Å². The van der Waals surface area contributed by atoms with Gasteiger partial charge < -0.3 is 9.73 Å². The van der Waals surface area contributed by atoms with Crippen molar-refractivity contribution in [3.63, 3.8) is 0 Å². The molecule has 6 rings (SSSR count).